The lowest BCUT2D eigenvalue weighted by Crippen LogP contribution is -2.14. The molecule has 4 rings (SSSR count). The molecule has 0 saturated carbocycles. The van der Waals surface area contributed by atoms with E-state index < -0.39 is 0 Å². The molecule has 2 aromatic heterocycles. The molecular formula is C25H25Cl2N5O2. The summed E-state index contributed by atoms with van der Waals surface area (Å²) in [5, 5.41) is 12.4. The Morgan fingerprint density at radius 2 is 1.79 bits per heavy atom. The number of ether oxygens (including phenoxy) is 1. The van der Waals surface area contributed by atoms with E-state index in [0.717, 1.165) is 11.3 Å². The number of amides is 1. The number of benzene rings is 2. The summed E-state index contributed by atoms with van der Waals surface area (Å²) >= 11 is 12.0. The van der Waals surface area contributed by atoms with Gasteiger partial charge in [-0.15, -0.1) is 0 Å². The number of hydrogen-bond acceptors (Lipinski definition) is 4. The van der Waals surface area contributed by atoms with E-state index in [4.69, 9.17) is 27.9 Å². The van der Waals surface area contributed by atoms with Crippen LogP contribution in [0.3, 0.4) is 0 Å². The van der Waals surface area contributed by atoms with Crippen LogP contribution < -0.4 is 10.1 Å². The van der Waals surface area contributed by atoms with Crippen molar-refractivity contribution in [1.29, 1.82) is 0 Å². The molecule has 0 fully saturated rings. The summed E-state index contributed by atoms with van der Waals surface area (Å²) in [7, 11) is 0. The summed E-state index contributed by atoms with van der Waals surface area (Å²) in [6.07, 6.45) is 5.02. The molecule has 0 aliphatic rings. The summed E-state index contributed by atoms with van der Waals surface area (Å²) in [4.78, 5) is 12.6. The van der Waals surface area contributed by atoms with Crippen molar-refractivity contribution in [3.8, 4) is 5.75 Å². The van der Waals surface area contributed by atoms with Crippen LogP contribution in [0.1, 0.15) is 42.4 Å². The predicted octanol–water partition coefficient (Wildman–Crippen LogP) is 6.02. The van der Waals surface area contributed by atoms with Crippen LogP contribution in [-0.4, -0.2) is 25.5 Å². The van der Waals surface area contributed by atoms with E-state index in [1.165, 1.54) is 5.56 Å². The molecule has 0 saturated heterocycles. The molecule has 2 heterocycles. The molecule has 0 unspecified atom stereocenters. The third kappa shape index (κ3) is 5.98. The van der Waals surface area contributed by atoms with E-state index in [1.807, 2.05) is 18.2 Å². The zero-order valence-corrected chi connectivity index (χ0v) is 20.6. The van der Waals surface area contributed by atoms with Gasteiger partial charge in [0.1, 0.15) is 5.75 Å². The van der Waals surface area contributed by atoms with Gasteiger partial charge in [-0.1, -0.05) is 62.2 Å². The Balaban J connectivity index is 1.31. The standard InChI is InChI=1S/C25H25Cl2N5O2/c1-25(2,3)18-5-7-20(8-6-18)34-16-31-11-10-23(30-31)24(33)29-19-13-28-32(15-19)14-17-4-9-21(26)22(27)12-17/h4-13,15H,14,16H2,1-3H3,(H,29,33). The zero-order valence-electron chi connectivity index (χ0n) is 19.1. The first kappa shape index (κ1) is 23.9. The van der Waals surface area contributed by atoms with Crippen LogP contribution in [0.4, 0.5) is 5.69 Å². The molecule has 1 N–H and O–H groups in total. The van der Waals surface area contributed by atoms with Crippen molar-refractivity contribution >= 4 is 34.8 Å². The molecule has 176 valence electrons. The van der Waals surface area contributed by atoms with Crippen molar-refractivity contribution in [3.05, 3.63) is 94.0 Å². The van der Waals surface area contributed by atoms with Crippen LogP contribution in [0.25, 0.3) is 0 Å². The third-order valence-electron chi connectivity index (χ3n) is 5.18. The molecule has 0 atom stereocenters. The van der Waals surface area contributed by atoms with Gasteiger partial charge in [0, 0.05) is 12.4 Å². The minimum Gasteiger partial charge on any atom is -0.471 e. The van der Waals surface area contributed by atoms with Gasteiger partial charge < -0.3 is 10.1 Å². The molecular weight excluding hydrogens is 473 g/mol. The van der Waals surface area contributed by atoms with Gasteiger partial charge in [0.05, 0.1) is 28.5 Å². The fourth-order valence-electron chi connectivity index (χ4n) is 3.28. The summed E-state index contributed by atoms with van der Waals surface area (Å²) in [6.45, 7) is 7.19. The molecule has 2 aromatic carbocycles. The molecule has 0 spiro atoms. The predicted molar refractivity (Wildman–Crippen MR) is 134 cm³/mol. The van der Waals surface area contributed by atoms with Gasteiger partial charge in [0.15, 0.2) is 12.4 Å². The molecule has 1 amide bonds. The van der Waals surface area contributed by atoms with Crippen molar-refractivity contribution in [2.24, 2.45) is 0 Å². The van der Waals surface area contributed by atoms with E-state index in [1.54, 1.807) is 46.2 Å². The van der Waals surface area contributed by atoms with E-state index in [0.29, 0.717) is 22.3 Å². The Morgan fingerprint density at radius 3 is 2.50 bits per heavy atom. The molecule has 0 bridgehead atoms. The van der Waals surface area contributed by atoms with Crippen LogP contribution in [0.15, 0.2) is 67.1 Å². The lowest BCUT2D eigenvalue weighted by molar-refractivity contribution is 0.102. The Morgan fingerprint density at radius 1 is 1.03 bits per heavy atom. The Hall–Kier alpha value is -3.29. The van der Waals surface area contributed by atoms with Gasteiger partial charge in [0.25, 0.3) is 5.91 Å². The Bertz CT molecular complexity index is 1290. The fourth-order valence-corrected chi connectivity index (χ4v) is 3.60. The van der Waals surface area contributed by atoms with Gasteiger partial charge >= 0.3 is 0 Å². The minimum atomic E-state index is -0.331. The monoisotopic (exact) mass is 497 g/mol. The zero-order chi connectivity index (χ0) is 24.3. The van der Waals surface area contributed by atoms with E-state index in [-0.39, 0.29) is 23.7 Å². The Kier molecular flexibility index (Phi) is 6.95. The van der Waals surface area contributed by atoms with Crippen molar-refractivity contribution in [1.82, 2.24) is 19.6 Å². The first-order valence-electron chi connectivity index (χ1n) is 10.7. The molecule has 4 aromatic rings. The number of hydrogen-bond donors (Lipinski definition) is 1. The van der Waals surface area contributed by atoms with Crippen molar-refractivity contribution in [2.45, 2.75) is 39.5 Å². The molecule has 0 aliphatic heterocycles. The van der Waals surface area contributed by atoms with E-state index >= 15 is 0 Å². The van der Waals surface area contributed by atoms with Crippen molar-refractivity contribution < 1.29 is 9.53 Å². The molecule has 0 radical (unpaired) electrons. The maximum absolute atomic E-state index is 12.6. The van der Waals surface area contributed by atoms with Crippen molar-refractivity contribution in [2.75, 3.05) is 5.32 Å². The maximum atomic E-state index is 12.6. The number of carbonyl (C=O) groups is 1. The second-order valence-electron chi connectivity index (χ2n) is 8.92. The van der Waals surface area contributed by atoms with Gasteiger partial charge in [-0.2, -0.15) is 10.2 Å². The summed E-state index contributed by atoms with van der Waals surface area (Å²) in [6, 6.07) is 15.0. The van der Waals surface area contributed by atoms with Crippen LogP contribution in [0.2, 0.25) is 10.0 Å². The number of carbonyl (C=O) groups excluding carboxylic acids is 1. The van der Waals surface area contributed by atoms with Crippen LogP contribution >= 0.6 is 23.2 Å². The van der Waals surface area contributed by atoms with E-state index in [2.05, 4.69) is 48.4 Å². The lowest BCUT2D eigenvalue weighted by Gasteiger charge is -2.19. The normalized spacial score (nSPS) is 11.4. The van der Waals surface area contributed by atoms with E-state index in [9.17, 15) is 4.79 Å². The average molecular weight is 498 g/mol. The number of anilines is 1. The quantitative estimate of drug-likeness (QED) is 0.338. The summed E-state index contributed by atoms with van der Waals surface area (Å²) in [5.74, 6) is 0.409. The highest BCUT2D eigenvalue weighted by Gasteiger charge is 2.14. The minimum absolute atomic E-state index is 0.0862. The first-order valence-corrected chi connectivity index (χ1v) is 11.5. The van der Waals surface area contributed by atoms with Crippen molar-refractivity contribution in [3.63, 3.8) is 0 Å². The molecule has 7 nitrogen and oxygen atoms in total. The van der Waals surface area contributed by atoms with Crippen LogP contribution in [-0.2, 0) is 18.7 Å². The smallest absolute Gasteiger partial charge is 0.276 e. The topological polar surface area (TPSA) is 74.0 Å². The summed E-state index contributed by atoms with van der Waals surface area (Å²) < 4.78 is 9.06. The fraction of sp³-hybridized carbons (Fsp3) is 0.240. The average Bonchev–Trinajstić information content (AvgIpc) is 3.44. The second-order valence-corrected chi connectivity index (χ2v) is 9.73. The lowest BCUT2D eigenvalue weighted by atomic mass is 9.87. The molecule has 9 heteroatoms. The van der Waals surface area contributed by atoms with Gasteiger partial charge in [0.2, 0.25) is 0 Å². The largest absolute Gasteiger partial charge is 0.471 e. The third-order valence-corrected chi connectivity index (χ3v) is 5.92. The van der Waals surface area contributed by atoms with Gasteiger partial charge in [-0.3, -0.25) is 9.48 Å². The SMILES string of the molecule is CC(C)(C)c1ccc(OCn2ccc(C(=O)Nc3cnn(Cc4ccc(Cl)c(Cl)c4)c3)n2)cc1. The highest BCUT2D eigenvalue weighted by molar-refractivity contribution is 6.42. The maximum Gasteiger partial charge on any atom is 0.276 e. The molecule has 34 heavy (non-hydrogen) atoms. The number of nitrogens with one attached hydrogen (secondary N) is 1. The number of aromatic nitrogens is 4. The number of rotatable bonds is 7. The van der Waals surface area contributed by atoms with Gasteiger partial charge in [-0.25, -0.2) is 4.68 Å². The van der Waals surface area contributed by atoms with Gasteiger partial charge in [-0.05, 0) is 46.9 Å². The number of nitrogens with zero attached hydrogens (tertiary/aromatic N) is 4. The molecule has 0 aliphatic carbocycles. The highest BCUT2D eigenvalue weighted by atomic mass is 35.5. The van der Waals surface area contributed by atoms with Crippen LogP contribution in [0, 0.1) is 0 Å². The number of halogens is 2. The first-order chi connectivity index (χ1) is 16.2. The summed E-state index contributed by atoms with van der Waals surface area (Å²) in [5.41, 5.74) is 3.11. The Labute approximate surface area is 208 Å². The van der Waals surface area contributed by atoms with Crippen LogP contribution in [0.5, 0.6) is 5.75 Å². The highest BCUT2D eigenvalue weighted by Crippen LogP contribution is 2.25. The second kappa shape index (κ2) is 9.91.